The third-order valence-electron chi connectivity index (χ3n) is 4.55. The average Bonchev–Trinajstić information content (AvgIpc) is 3.19. The van der Waals surface area contributed by atoms with Crippen molar-refractivity contribution in [1.82, 2.24) is 9.78 Å². The zero-order valence-electron chi connectivity index (χ0n) is 15.5. The highest BCUT2D eigenvalue weighted by Crippen LogP contribution is 2.30. The molecule has 6 heteroatoms. The van der Waals surface area contributed by atoms with Gasteiger partial charge in [-0.15, -0.1) is 0 Å². The maximum absolute atomic E-state index is 13.2. The van der Waals surface area contributed by atoms with Gasteiger partial charge in [-0.25, -0.2) is 4.68 Å². The van der Waals surface area contributed by atoms with Crippen molar-refractivity contribution < 1.29 is 9.53 Å². The molecule has 0 aliphatic carbocycles. The molecule has 3 aromatic carbocycles. The standard InChI is InChI=1S/C23H16Cl2N2O2/c1-29-20-12-10-19(11-13-20)27-22(15-2-6-17(24)7-3-15)21(14-26-27)23(28)16-4-8-18(25)9-5-16/h2-14H,1H3. The maximum atomic E-state index is 13.2. The lowest BCUT2D eigenvalue weighted by Gasteiger charge is -2.11. The molecular weight excluding hydrogens is 407 g/mol. The van der Waals surface area contributed by atoms with Gasteiger partial charge in [0.25, 0.3) is 0 Å². The lowest BCUT2D eigenvalue weighted by molar-refractivity contribution is 0.103. The van der Waals surface area contributed by atoms with Gasteiger partial charge in [0.15, 0.2) is 5.78 Å². The van der Waals surface area contributed by atoms with Crippen LogP contribution in [0.2, 0.25) is 10.0 Å². The second-order valence-corrected chi connectivity index (χ2v) is 7.23. The van der Waals surface area contributed by atoms with E-state index in [4.69, 9.17) is 27.9 Å². The minimum atomic E-state index is -0.133. The van der Waals surface area contributed by atoms with E-state index in [1.165, 1.54) is 0 Å². The molecule has 0 spiro atoms. The van der Waals surface area contributed by atoms with Gasteiger partial charge in [-0.1, -0.05) is 35.3 Å². The van der Waals surface area contributed by atoms with E-state index in [9.17, 15) is 4.79 Å². The Bertz CT molecular complexity index is 1150. The number of halogens is 2. The second-order valence-electron chi connectivity index (χ2n) is 6.36. The molecule has 0 saturated carbocycles. The van der Waals surface area contributed by atoms with E-state index >= 15 is 0 Å². The minimum Gasteiger partial charge on any atom is -0.497 e. The molecule has 1 heterocycles. The Morgan fingerprint density at radius 1 is 0.862 bits per heavy atom. The number of benzene rings is 3. The van der Waals surface area contributed by atoms with Crippen molar-refractivity contribution in [3.05, 3.63) is 100 Å². The summed E-state index contributed by atoms with van der Waals surface area (Å²) in [5.74, 6) is 0.609. The van der Waals surface area contributed by atoms with Gasteiger partial charge in [-0.3, -0.25) is 4.79 Å². The van der Waals surface area contributed by atoms with Crippen LogP contribution in [0, 0.1) is 0 Å². The van der Waals surface area contributed by atoms with Gasteiger partial charge in [0, 0.05) is 21.2 Å². The quantitative estimate of drug-likeness (QED) is 0.365. The van der Waals surface area contributed by atoms with Crippen molar-refractivity contribution in [3.63, 3.8) is 0 Å². The SMILES string of the molecule is COc1ccc(-n2ncc(C(=O)c3ccc(Cl)cc3)c2-c2ccc(Cl)cc2)cc1. The number of nitrogens with zero attached hydrogens (tertiary/aromatic N) is 2. The Hall–Kier alpha value is -3.08. The molecule has 0 radical (unpaired) electrons. The van der Waals surface area contributed by atoms with Crippen molar-refractivity contribution in [2.75, 3.05) is 7.11 Å². The minimum absolute atomic E-state index is 0.133. The Balaban J connectivity index is 1.87. The first-order valence-electron chi connectivity index (χ1n) is 8.85. The molecule has 29 heavy (non-hydrogen) atoms. The molecule has 4 rings (SSSR count). The van der Waals surface area contributed by atoms with E-state index < -0.39 is 0 Å². The first-order valence-corrected chi connectivity index (χ1v) is 9.61. The second kappa shape index (κ2) is 8.11. The molecule has 0 bridgehead atoms. The largest absolute Gasteiger partial charge is 0.497 e. The third kappa shape index (κ3) is 3.90. The van der Waals surface area contributed by atoms with Crippen LogP contribution in [-0.4, -0.2) is 22.7 Å². The van der Waals surface area contributed by atoms with Gasteiger partial charge < -0.3 is 4.74 Å². The van der Waals surface area contributed by atoms with Crippen LogP contribution < -0.4 is 4.74 Å². The van der Waals surface area contributed by atoms with Crippen LogP contribution in [0.5, 0.6) is 5.75 Å². The topological polar surface area (TPSA) is 44.1 Å². The number of rotatable bonds is 5. The van der Waals surface area contributed by atoms with Crippen LogP contribution in [0.3, 0.4) is 0 Å². The predicted octanol–water partition coefficient (Wildman–Crippen LogP) is 6.09. The van der Waals surface area contributed by atoms with E-state index in [1.54, 1.807) is 54.4 Å². The van der Waals surface area contributed by atoms with Crippen LogP contribution in [0.15, 0.2) is 79.0 Å². The van der Waals surface area contributed by atoms with Gasteiger partial charge in [0.05, 0.1) is 30.3 Å². The van der Waals surface area contributed by atoms with Crippen LogP contribution in [0.1, 0.15) is 15.9 Å². The fourth-order valence-corrected chi connectivity index (χ4v) is 3.33. The third-order valence-corrected chi connectivity index (χ3v) is 5.06. The molecule has 0 N–H and O–H groups in total. The van der Waals surface area contributed by atoms with E-state index in [2.05, 4.69) is 5.10 Å². The summed E-state index contributed by atoms with van der Waals surface area (Å²) in [6, 6.07) is 21.6. The number of hydrogen-bond acceptors (Lipinski definition) is 3. The highest BCUT2D eigenvalue weighted by Gasteiger charge is 2.21. The molecule has 0 aliphatic rings. The molecule has 0 amide bonds. The zero-order valence-corrected chi connectivity index (χ0v) is 17.0. The molecule has 0 aliphatic heterocycles. The maximum Gasteiger partial charge on any atom is 0.196 e. The molecule has 1 aromatic heterocycles. The number of hydrogen-bond donors (Lipinski definition) is 0. The number of ether oxygens (including phenoxy) is 1. The molecular formula is C23H16Cl2N2O2. The fourth-order valence-electron chi connectivity index (χ4n) is 3.08. The number of methoxy groups -OCH3 is 1. The van der Waals surface area contributed by atoms with Gasteiger partial charge in [-0.2, -0.15) is 5.10 Å². The summed E-state index contributed by atoms with van der Waals surface area (Å²) in [4.78, 5) is 13.2. The summed E-state index contributed by atoms with van der Waals surface area (Å²) in [5, 5.41) is 5.70. The Labute approximate surface area is 178 Å². The molecule has 0 saturated heterocycles. The van der Waals surface area contributed by atoms with Crippen molar-refractivity contribution >= 4 is 29.0 Å². The van der Waals surface area contributed by atoms with Crippen molar-refractivity contribution in [3.8, 4) is 22.7 Å². The van der Waals surface area contributed by atoms with E-state index in [0.29, 0.717) is 26.9 Å². The van der Waals surface area contributed by atoms with Crippen molar-refractivity contribution in [1.29, 1.82) is 0 Å². The fraction of sp³-hybridized carbons (Fsp3) is 0.0435. The van der Waals surface area contributed by atoms with Gasteiger partial charge >= 0.3 is 0 Å². The predicted molar refractivity (Wildman–Crippen MR) is 115 cm³/mol. The molecule has 0 atom stereocenters. The highest BCUT2D eigenvalue weighted by molar-refractivity contribution is 6.31. The summed E-state index contributed by atoms with van der Waals surface area (Å²) >= 11 is 12.0. The molecule has 144 valence electrons. The first kappa shape index (κ1) is 19.2. The molecule has 0 fully saturated rings. The zero-order chi connectivity index (χ0) is 20.4. The van der Waals surface area contributed by atoms with Crippen LogP contribution in [-0.2, 0) is 0 Å². The van der Waals surface area contributed by atoms with Crippen molar-refractivity contribution in [2.45, 2.75) is 0 Å². The number of carbonyl (C=O) groups is 1. The smallest absolute Gasteiger partial charge is 0.196 e. The Kier molecular flexibility index (Phi) is 5.38. The van der Waals surface area contributed by atoms with Gasteiger partial charge in [-0.05, 0) is 60.7 Å². The van der Waals surface area contributed by atoms with Crippen molar-refractivity contribution in [2.24, 2.45) is 0 Å². The van der Waals surface area contributed by atoms with Crippen LogP contribution >= 0.6 is 23.2 Å². The lowest BCUT2D eigenvalue weighted by atomic mass is 10.00. The Morgan fingerprint density at radius 3 is 2.03 bits per heavy atom. The highest BCUT2D eigenvalue weighted by atomic mass is 35.5. The summed E-state index contributed by atoms with van der Waals surface area (Å²) in [7, 11) is 1.62. The van der Waals surface area contributed by atoms with Gasteiger partial charge in [0.1, 0.15) is 5.75 Å². The normalized spacial score (nSPS) is 10.7. The van der Waals surface area contributed by atoms with Crippen LogP contribution in [0.4, 0.5) is 0 Å². The monoisotopic (exact) mass is 422 g/mol. The Morgan fingerprint density at radius 2 is 1.45 bits per heavy atom. The number of ketones is 1. The summed E-state index contributed by atoms with van der Waals surface area (Å²) in [6.07, 6.45) is 1.59. The summed E-state index contributed by atoms with van der Waals surface area (Å²) in [6.45, 7) is 0. The first-order chi connectivity index (χ1) is 14.1. The van der Waals surface area contributed by atoms with Gasteiger partial charge in [0.2, 0.25) is 0 Å². The lowest BCUT2D eigenvalue weighted by Crippen LogP contribution is -2.05. The van der Waals surface area contributed by atoms with E-state index in [1.807, 2.05) is 36.4 Å². The number of carbonyl (C=O) groups excluding carboxylic acids is 1. The molecule has 4 aromatic rings. The van der Waals surface area contributed by atoms with E-state index in [-0.39, 0.29) is 5.78 Å². The summed E-state index contributed by atoms with van der Waals surface area (Å²) in [5.41, 5.74) is 3.36. The number of aromatic nitrogens is 2. The van der Waals surface area contributed by atoms with E-state index in [0.717, 1.165) is 17.0 Å². The average molecular weight is 423 g/mol. The molecule has 4 nitrogen and oxygen atoms in total. The van der Waals surface area contributed by atoms with Crippen LogP contribution in [0.25, 0.3) is 16.9 Å². The summed E-state index contributed by atoms with van der Waals surface area (Å²) < 4.78 is 6.98. The molecule has 0 unspecified atom stereocenters.